The van der Waals surface area contributed by atoms with Gasteiger partial charge in [-0.3, -0.25) is 4.79 Å². The summed E-state index contributed by atoms with van der Waals surface area (Å²) in [5.41, 5.74) is 8.88. The number of rotatable bonds is 3. The Labute approximate surface area is 105 Å². The normalized spacial score (nSPS) is 10.2. The summed E-state index contributed by atoms with van der Waals surface area (Å²) in [7, 11) is 0. The third-order valence-electron chi connectivity index (χ3n) is 2.58. The molecule has 0 fully saturated rings. The van der Waals surface area contributed by atoms with Crippen LogP contribution >= 0.6 is 11.6 Å². The maximum absolute atomic E-state index is 11.5. The van der Waals surface area contributed by atoms with Crippen LogP contribution in [0.25, 0.3) is 11.1 Å². The highest BCUT2D eigenvalue weighted by atomic mass is 35.5. The van der Waals surface area contributed by atoms with Crippen molar-refractivity contribution in [3.8, 4) is 11.1 Å². The first-order valence-electron chi connectivity index (χ1n) is 5.26. The highest BCUT2D eigenvalue weighted by molar-refractivity contribution is 6.31. The van der Waals surface area contributed by atoms with Crippen molar-refractivity contribution in [1.82, 2.24) is 0 Å². The third-order valence-corrected chi connectivity index (χ3v) is 2.82. The minimum atomic E-state index is -0.149. The number of ketones is 1. The number of carbonyl (C=O) groups excluding carboxylic acids is 1. The van der Waals surface area contributed by atoms with E-state index in [0.717, 1.165) is 11.1 Å². The molecule has 2 rings (SSSR count). The van der Waals surface area contributed by atoms with Gasteiger partial charge in [-0.15, -0.1) is 11.6 Å². The van der Waals surface area contributed by atoms with Gasteiger partial charge in [0.2, 0.25) is 0 Å². The van der Waals surface area contributed by atoms with E-state index in [4.69, 9.17) is 17.3 Å². The van der Waals surface area contributed by atoms with Gasteiger partial charge in [-0.05, 0) is 23.3 Å². The number of anilines is 1. The van der Waals surface area contributed by atoms with E-state index in [1.165, 1.54) is 0 Å². The molecule has 2 N–H and O–H groups in total. The van der Waals surface area contributed by atoms with Crippen molar-refractivity contribution in [2.75, 3.05) is 11.6 Å². The van der Waals surface area contributed by atoms with Crippen LogP contribution in [0.2, 0.25) is 0 Å². The maximum Gasteiger partial charge on any atom is 0.179 e. The van der Waals surface area contributed by atoms with Crippen molar-refractivity contribution in [3.63, 3.8) is 0 Å². The first kappa shape index (κ1) is 11.7. The summed E-state index contributed by atoms with van der Waals surface area (Å²) in [6, 6.07) is 15.3. The molecule has 0 radical (unpaired) electrons. The first-order valence-corrected chi connectivity index (χ1v) is 5.80. The van der Waals surface area contributed by atoms with Crippen LogP contribution in [0.5, 0.6) is 0 Å². The quantitative estimate of drug-likeness (QED) is 0.512. The number of halogens is 1. The Morgan fingerprint density at radius 2 is 1.76 bits per heavy atom. The number of carbonyl (C=O) groups is 1. The van der Waals surface area contributed by atoms with E-state index in [9.17, 15) is 4.79 Å². The van der Waals surface area contributed by atoms with Gasteiger partial charge in [0.05, 0.1) is 5.88 Å². The number of hydrogen-bond donors (Lipinski definition) is 1. The average molecular weight is 246 g/mol. The number of Topliss-reactive ketones (excluding diaryl/α,β-unsaturated/α-hetero) is 1. The van der Waals surface area contributed by atoms with Crippen LogP contribution in [0.1, 0.15) is 10.4 Å². The lowest BCUT2D eigenvalue weighted by Crippen LogP contribution is -2.04. The molecule has 2 aromatic rings. The molecule has 17 heavy (non-hydrogen) atoms. The SMILES string of the molecule is Nc1cc(-c2ccccc2)ccc1C(=O)CCl. The van der Waals surface area contributed by atoms with Crippen LogP contribution in [0.4, 0.5) is 5.69 Å². The van der Waals surface area contributed by atoms with Gasteiger partial charge in [0, 0.05) is 11.3 Å². The lowest BCUT2D eigenvalue weighted by molar-refractivity contribution is 0.102. The topological polar surface area (TPSA) is 43.1 Å². The molecule has 0 aliphatic carbocycles. The summed E-state index contributed by atoms with van der Waals surface area (Å²) in [6.45, 7) is 0. The zero-order valence-corrected chi connectivity index (χ0v) is 9.95. The van der Waals surface area contributed by atoms with E-state index >= 15 is 0 Å². The van der Waals surface area contributed by atoms with E-state index in [1.807, 2.05) is 36.4 Å². The molecule has 0 aromatic heterocycles. The van der Waals surface area contributed by atoms with Gasteiger partial charge in [0.15, 0.2) is 5.78 Å². The Kier molecular flexibility index (Phi) is 3.45. The van der Waals surface area contributed by atoms with Crippen LogP contribution in [0.3, 0.4) is 0 Å². The van der Waals surface area contributed by atoms with E-state index in [1.54, 1.807) is 12.1 Å². The van der Waals surface area contributed by atoms with Gasteiger partial charge >= 0.3 is 0 Å². The molecule has 2 nitrogen and oxygen atoms in total. The zero-order valence-electron chi connectivity index (χ0n) is 9.19. The van der Waals surface area contributed by atoms with Crippen molar-refractivity contribution >= 4 is 23.1 Å². The Morgan fingerprint density at radius 3 is 2.35 bits per heavy atom. The number of nitrogens with two attached hydrogens (primary N) is 1. The lowest BCUT2D eigenvalue weighted by Gasteiger charge is -2.06. The molecule has 0 bridgehead atoms. The van der Waals surface area contributed by atoms with E-state index < -0.39 is 0 Å². The third kappa shape index (κ3) is 2.48. The van der Waals surface area contributed by atoms with Gasteiger partial charge < -0.3 is 5.73 Å². The Bertz CT molecular complexity index is 537. The Balaban J connectivity index is 2.41. The second-order valence-electron chi connectivity index (χ2n) is 3.72. The van der Waals surface area contributed by atoms with Crippen molar-refractivity contribution in [3.05, 3.63) is 54.1 Å². The van der Waals surface area contributed by atoms with E-state index in [0.29, 0.717) is 11.3 Å². The van der Waals surface area contributed by atoms with Crippen LogP contribution in [-0.4, -0.2) is 11.7 Å². The largest absolute Gasteiger partial charge is 0.398 e. The van der Waals surface area contributed by atoms with Gasteiger partial charge in [-0.25, -0.2) is 0 Å². The highest BCUT2D eigenvalue weighted by Gasteiger charge is 2.09. The maximum atomic E-state index is 11.5. The van der Waals surface area contributed by atoms with E-state index in [-0.39, 0.29) is 11.7 Å². The Hall–Kier alpha value is -1.80. The van der Waals surface area contributed by atoms with Crippen LogP contribution in [0, 0.1) is 0 Å². The van der Waals surface area contributed by atoms with Crippen molar-refractivity contribution in [2.45, 2.75) is 0 Å². The second kappa shape index (κ2) is 5.02. The molecule has 0 aliphatic heterocycles. The predicted octanol–water partition coefficient (Wildman–Crippen LogP) is 3.36. The van der Waals surface area contributed by atoms with Gasteiger partial charge in [0.1, 0.15) is 0 Å². The van der Waals surface area contributed by atoms with E-state index in [2.05, 4.69) is 0 Å². The number of alkyl halides is 1. The van der Waals surface area contributed by atoms with Gasteiger partial charge in [-0.2, -0.15) is 0 Å². The molecule has 0 atom stereocenters. The van der Waals surface area contributed by atoms with Gasteiger partial charge in [0.25, 0.3) is 0 Å². The monoisotopic (exact) mass is 245 g/mol. The molecule has 0 unspecified atom stereocenters. The summed E-state index contributed by atoms with van der Waals surface area (Å²) < 4.78 is 0. The van der Waals surface area contributed by atoms with Crippen LogP contribution in [0.15, 0.2) is 48.5 Å². The molecule has 2 aromatic carbocycles. The minimum absolute atomic E-state index is 0.0467. The molecule has 3 heteroatoms. The molecule has 86 valence electrons. The fourth-order valence-electron chi connectivity index (χ4n) is 1.70. The molecular formula is C14H12ClNO. The second-order valence-corrected chi connectivity index (χ2v) is 3.99. The summed E-state index contributed by atoms with van der Waals surface area (Å²) in [5.74, 6) is -0.196. The molecule has 0 spiro atoms. The van der Waals surface area contributed by atoms with Crippen molar-refractivity contribution < 1.29 is 4.79 Å². The fraction of sp³-hybridized carbons (Fsp3) is 0.0714. The predicted molar refractivity (Wildman–Crippen MR) is 71.3 cm³/mol. The first-order chi connectivity index (χ1) is 8.22. The zero-order chi connectivity index (χ0) is 12.3. The van der Waals surface area contributed by atoms with Gasteiger partial charge in [-0.1, -0.05) is 36.4 Å². The van der Waals surface area contributed by atoms with Crippen LogP contribution in [-0.2, 0) is 0 Å². The average Bonchev–Trinajstić information content (AvgIpc) is 2.39. The molecule has 0 heterocycles. The molecule has 0 amide bonds. The number of nitrogen functional groups attached to an aromatic ring is 1. The molecule has 0 saturated carbocycles. The lowest BCUT2D eigenvalue weighted by atomic mass is 10.0. The molecule has 0 saturated heterocycles. The standard InChI is InChI=1S/C14H12ClNO/c15-9-14(17)12-7-6-11(8-13(12)16)10-4-2-1-3-5-10/h1-8H,9,16H2. The van der Waals surface area contributed by atoms with Crippen molar-refractivity contribution in [2.24, 2.45) is 0 Å². The smallest absolute Gasteiger partial charge is 0.179 e. The molecular weight excluding hydrogens is 234 g/mol. The summed E-state index contributed by atoms with van der Waals surface area (Å²) in [4.78, 5) is 11.5. The minimum Gasteiger partial charge on any atom is -0.398 e. The summed E-state index contributed by atoms with van der Waals surface area (Å²) in [6.07, 6.45) is 0. The summed E-state index contributed by atoms with van der Waals surface area (Å²) >= 11 is 5.51. The highest BCUT2D eigenvalue weighted by Crippen LogP contribution is 2.24. The molecule has 0 aliphatic rings. The Morgan fingerprint density at radius 1 is 1.06 bits per heavy atom. The number of hydrogen-bond acceptors (Lipinski definition) is 2. The fourth-order valence-corrected chi connectivity index (χ4v) is 1.84. The van der Waals surface area contributed by atoms with Crippen LogP contribution < -0.4 is 5.73 Å². The van der Waals surface area contributed by atoms with Crippen molar-refractivity contribution in [1.29, 1.82) is 0 Å². The number of benzene rings is 2. The summed E-state index contributed by atoms with van der Waals surface area (Å²) in [5, 5.41) is 0.